The number of rotatable bonds is 5. The fourth-order valence-electron chi connectivity index (χ4n) is 1.96. The van der Waals surface area contributed by atoms with Crippen LogP contribution in [0.5, 0.6) is 0 Å². The third-order valence-corrected chi connectivity index (χ3v) is 6.06. The number of hydrogen-bond donors (Lipinski definition) is 0. The number of hydrogen-bond acceptors (Lipinski definition) is 4. The molecule has 0 radical (unpaired) electrons. The first kappa shape index (κ1) is 14.1. The highest BCUT2D eigenvalue weighted by atomic mass is 32.2. The second-order valence-electron chi connectivity index (χ2n) is 4.12. The summed E-state index contributed by atoms with van der Waals surface area (Å²) in [6, 6.07) is 8.07. The Balaban J connectivity index is 2.32. The highest BCUT2D eigenvalue weighted by Gasteiger charge is 2.40. The summed E-state index contributed by atoms with van der Waals surface area (Å²) in [5, 5.41) is -0.323. The smallest absolute Gasteiger partial charge is 0.267 e. The van der Waals surface area contributed by atoms with Crippen LogP contribution in [0, 0.1) is 0 Å². The lowest BCUT2D eigenvalue weighted by Crippen LogP contribution is -2.37. The average molecular weight is 297 g/mol. The predicted molar refractivity (Wildman–Crippen MR) is 76.2 cm³/mol. The van der Waals surface area contributed by atoms with E-state index < -0.39 is 10.0 Å². The molecule has 1 aliphatic rings. The molecule has 1 amide bonds. The van der Waals surface area contributed by atoms with Gasteiger partial charge in [-0.1, -0.05) is 24.3 Å². The van der Waals surface area contributed by atoms with E-state index in [1.54, 1.807) is 24.3 Å². The van der Waals surface area contributed by atoms with Crippen molar-refractivity contribution in [3.05, 3.63) is 43.0 Å². The van der Waals surface area contributed by atoms with Crippen molar-refractivity contribution in [2.24, 2.45) is 0 Å². The molecule has 0 aliphatic carbocycles. The molecule has 1 heterocycles. The Kier molecular flexibility index (Phi) is 4.31. The molecule has 2 rings (SSSR count). The zero-order valence-corrected chi connectivity index (χ0v) is 12.0. The van der Waals surface area contributed by atoms with Crippen LogP contribution in [-0.4, -0.2) is 29.8 Å². The van der Waals surface area contributed by atoms with E-state index in [1.165, 1.54) is 23.9 Å². The van der Waals surface area contributed by atoms with Crippen LogP contribution in [0.1, 0.15) is 12.8 Å². The highest BCUT2D eigenvalue weighted by Crippen LogP contribution is 2.33. The molecular weight excluding hydrogens is 282 g/mol. The lowest BCUT2D eigenvalue weighted by atomic mass is 10.4. The van der Waals surface area contributed by atoms with Crippen molar-refractivity contribution in [2.75, 3.05) is 5.75 Å². The maximum atomic E-state index is 12.5. The van der Waals surface area contributed by atoms with E-state index in [1.807, 2.05) is 0 Å². The lowest BCUT2D eigenvalue weighted by molar-refractivity contribution is -0.123. The maximum absolute atomic E-state index is 12.5. The minimum absolute atomic E-state index is 0.162. The SMILES string of the molecule is C=CCSC1CCC(=O)N1S(=O)(=O)c1ccccc1. The van der Waals surface area contributed by atoms with Crippen LogP contribution in [0.2, 0.25) is 0 Å². The highest BCUT2D eigenvalue weighted by molar-refractivity contribution is 8.01. The molecule has 1 saturated heterocycles. The summed E-state index contributed by atoms with van der Waals surface area (Å²) in [4.78, 5) is 12.0. The molecule has 1 fully saturated rings. The predicted octanol–water partition coefficient (Wildman–Crippen LogP) is 2.24. The van der Waals surface area contributed by atoms with Gasteiger partial charge in [0.2, 0.25) is 5.91 Å². The van der Waals surface area contributed by atoms with Crippen LogP contribution >= 0.6 is 11.8 Å². The molecule has 0 saturated carbocycles. The number of carbonyl (C=O) groups is 1. The number of amides is 1. The molecule has 0 N–H and O–H groups in total. The summed E-state index contributed by atoms with van der Waals surface area (Å²) in [6.45, 7) is 3.61. The molecule has 1 aromatic rings. The monoisotopic (exact) mass is 297 g/mol. The van der Waals surface area contributed by atoms with Crippen molar-refractivity contribution in [2.45, 2.75) is 23.1 Å². The van der Waals surface area contributed by atoms with Crippen molar-refractivity contribution in [1.29, 1.82) is 0 Å². The zero-order chi connectivity index (χ0) is 13.9. The number of sulfonamides is 1. The summed E-state index contributed by atoms with van der Waals surface area (Å²) < 4.78 is 26.0. The van der Waals surface area contributed by atoms with Crippen molar-refractivity contribution < 1.29 is 13.2 Å². The quantitative estimate of drug-likeness (QED) is 0.782. The first-order valence-electron chi connectivity index (χ1n) is 5.92. The van der Waals surface area contributed by atoms with E-state index in [0.29, 0.717) is 12.2 Å². The molecule has 0 bridgehead atoms. The zero-order valence-electron chi connectivity index (χ0n) is 10.4. The molecular formula is C13H15NO3S2. The number of carbonyl (C=O) groups excluding carboxylic acids is 1. The normalized spacial score (nSPS) is 19.7. The fraction of sp³-hybridized carbons (Fsp3) is 0.308. The van der Waals surface area contributed by atoms with Gasteiger partial charge in [0.25, 0.3) is 10.0 Å². The topological polar surface area (TPSA) is 54.5 Å². The summed E-state index contributed by atoms with van der Waals surface area (Å²) in [5.74, 6) is 0.295. The van der Waals surface area contributed by atoms with Crippen LogP contribution < -0.4 is 0 Å². The van der Waals surface area contributed by atoms with E-state index in [0.717, 1.165) is 4.31 Å². The van der Waals surface area contributed by atoms with Crippen LogP contribution in [-0.2, 0) is 14.8 Å². The fourth-order valence-corrected chi connectivity index (χ4v) is 4.88. The first-order valence-corrected chi connectivity index (χ1v) is 8.41. The second-order valence-corrected chi connectivity index (χ2v) is 7.15. The maximum Gasteiger partial charge on any atom is 0.267 e. The van der Waals surface area contributed by atoms with Crippen LogP contribution in [0.4, 0.5) is 0 Å². The van der Waals surface area contributed by atoms with E-state index >= 15 is 0 Å². The van der Waals surface area contributed by atoms with Gasteiger partial charge in [0.15, 0.2) is 0 Å². The number of thioether (sulfide) groups is 1. The van der Waals surface area contributed by atoms with Gasteiger partial charge in [0, 0.05) is 12.2 Å². The first-order chi connectivity index (χ1) is 9.07. The van der Waals surface area contributed by atoms with Gasteiger partial charge in [-0.2, -0.15) is 0 Å². The molecule has 19 heavy (non-hydrogen) atoms. The Morgan fingerprint density at radius 2 is 2.05 bits per heavy atom. The average Bonchev–Trinajstić information content (AvgIpc) is 2.79. The van der Waals surface area contributed by atoms with Crippen molar-refractivity contribution >= 4 is 27.7 Å². The van der Waals surface area contributed by atoms with Gasteiger partial charge in [-0.25, -0.2) is 12.7 Å². The molecule has 1 aromatic carbocycles. The summed E-state index contributed by atoms with van der Waals surface area (Å²) in [7, 11) is -3.74. The molecule has 6 heteroatoms. The van der Waals surface area contributed by atoms with Gasteiger partial charge in [-0.05, 0) is 18.6 Å². The minimum atomic E-state index is -3.74. The Morgan fingerprint density at radius 1 is 1.37 bits per heavy atom. The van der Waals surface area contributed by atoms with Gasteiger partial charge in [0.1, 0.15) is 0 Å². The third-order valence-electron chi connectivity index (χ3n) is 2.82. The molecule has 1 unspecified atom stereocenters. The molecule has 0 spiro atoms. The van der Waals surface area contributed by atoms with Crippen molar-refractivity contribution in [3.8, 4) is 0 Å². The van der Waals surface area contributed by atoms with E-state index in [-0.39, 0.29) is 22.6 Å². The summed E-state index contributed by atoms with van der Waals surface area (Å²) in [6.07, 6.45) is 2.55. The molecule has 1 aliphatic heterocycles. The Hall–Kier alpha value is -1.27. The van der Waals surface area contributed by atoms with Crippen molar-refractivity contribution in [1.82, 2.24) is 4.31 Å². The summed E-state index contributed by atoms with van der Waals surface area (Å²) >= 11 is 1.43. The molecule has 0 aromatic heterocycles. The summed E-state index contributed by atoms with van der Waals surface area (Å²) in [5.41, 5.74) is 0. The number of benzene rings is 1. The molecule has 4 nitrogen and oxygen atoms in total. The van der Waals surface area contributed by atoms with Crippen LogP contribution in [0.15, 0.2) is 47.9 Å². The van der Waals surface area contributed by atoms with Crippen molar-refractivity contribution in [3.63, 3.8) is 0 Å². The van der Waals surface area contributed by atoms with Crippen LogP contribution in [0.25, 0.3) is 0 Å². The van der Waals surface area contributed by atoms with E-state index in [4.69, 9.17) is 0 Å². The standard InChI is InChI=1S/C13H15NO3S2/c1-2-10-18-13-9-8-12(15)14(13)19(16,17)11-6-4-3-5-7-11/h2-7,13H,1,8-10H2. The van der Waals surface area contributed by atoms with Crippen LogP contribution in [0.3, 0.4) is 0 Å². The van der Waals surface area contributed by atoms with Gasteiger partial charge >= 0.3 is 0 Å². The third kappa shape index (κ3) is 2.84. The lowest BCUT2D eigenvalue weighted by Gasteiger charge is -2.23. The largest absolute Gasteiger partial charge is 0.274 e. The van der Waals surface area contributed by atoms with Gasteiger partial charge in [-0.15, -0.1) is 18.3 Å². The Bertz CT molecular complexity index is 569. The number of nitrogens with zero attached hydrogens (tertiary/aromatic N) is 1. The van der Waals surface area contributed by atoms with Gasteiger partial charge in [-0.3, -0.25) is 4.79 Å². The molecule has 102 valence electrons. The Labute approximate surface area is 117 Å². The minimum Gasteiger partial charge on any atom is -0.274 e. The van der Waals surface area contributed by atoms with E-state index in [9.17, 15) is 13.2 Å². The molecule has 1 atom stereocenters. The van der Waals surface area contributed by atoms with Gasteiger partial charge < -0.3 is 0 Å². The van der Waals surface area contributed by atoms with Gasteiger partial charge in [0.05, 0.1) is 10.3 Å². The Morgan fingerprint density at radius 3 is 2.68 bits per heavy atom. The van der Waals surface area contributed by atoms with E-state index in [2.05, 4.69) is 6.58 Å². The second kappa shape index (κ2) is 5.79.